The summed E-state index contributed by atoms with van der Waals surface area (Å²) in [5.41, 5.74) is 2.43. The van der Waals surface area contributed by atoms with Crippen LogP contribution in [-0.4, -0.2) is 5.33 Å². The Bertz CT molecular complexity index is 468. The van der Waals surface area contributed by atoms with Crippen molar-refractivity contribution in [3.8, 4) is 5.75 Å². The summed E-state index contributed by atoms with van der Waals surface area (Å²) in [5.74, 6) is 0.900. The third-order valence-electron chi connectivity index (χ3n) is 2.63. The van der Waals surface area contributed by atoms with E-state index >= 15 is 0 Å². The minimum atomic E-state index is 0.348. The lowest BCUT2D eigenvalue weighted by Gasteiger charge is -2.09. The van der Waals surface area contributed by atoms with Gasteiger partial charge in [-0.15, -0.1) is 0 Å². The van der Waals surface area contributed by atoms with E-state index in [0.29, 0.717) is 11.4 Å². The molecule has 1 atom stereocenters. The van der Waals surface area contributed by atoms with Crippen LogP contribution in [0.15, 0.2) is 54.6 Å². The molecule has 0 saturated heterocycles. The molecule has 3 heteroatoms. The van der Waals surface area contributed by atoms with Gasteiger partial charge >= 0.3 is 0 Å². The van der Waals surface area contributed by atoms with Crippen LogP contribution in [-0.2, 0) is 6.61 Å². The zero-order chi connectivity index (χ0) is 12.8. The smallest absolute Gasteiger partial charge is 0.119 e. The summed E-state index contributed by atoms with van der Waals surface area (Å²) >= 11 is 7.05. The molecule has 0 aliphatic heterocycles. The van der Waals surface area contributed by atoms with Crippen LogP contribution < -0.4 is 4.74 Å². The first-order valence-corrected chi connectivity index (χ1v) is 7.80. The van der Waals surface area contributed by atoms with E-state index in [-0.39, 0.29) is 0 Å². The maximum absolute atomic E-state index is 5.73. The largest absolute Gasteiger partial charge is 0.489 e. The molecule has 2 rings (SSSR count). The van der Waals surface area contributed by atoms with Gasteiger partial charge in [0.1, 0.15) is 12.4 Å². The van der Waals surface area contributed by atoms with E-state index in [2.05, 4.69) is 56.1 Å². The van der Waals surface area contributed by atoms with Crippen LogP contribution in [0.4, 0.5) is 0 Å². The predicted molar refractivity (Wildman–Crippen MR) is 82.7 cm³/mol. The third-order valence-corrected chi connectivity index (χ3v) is 4.99. The lowest BCUT2D eigenvalue weighted by atomic mass is 10.2. The highest BCUT2D eigenvalue weighted by atomic mass is 79.9. The molecule has 0 bridgehead atoms. The standard InChI is InChI=1S/C15H14Br2O/c16-10-15(17)13-6-8-14(9-7-13)18-11-12-4-2-1-3-5-12/h1-9,15H,10-11H2. The highest BCUT2D eigenvalue weighted by Gasteiger charge is 2.05. The molecule has 0 aliphatic rings. The monoisotopic (exact) mass is 368 g/mol. The molecular formula is C15H14Br2O. The van der Waals surface area contributed by atoms with Crippen LogP contribution in [0, 0.1) is 0 Å². The van der Waals surface area contributed by atoms with Crippen molar-refractivity contribution < 1.29 is 4.74 Å². The zero-order valence-corrected chi connectivity index (χ0v) is 13.0. The average molecular weight is 370 g/mol. The Kier molecular flexibility index (Phi) is 5.26. The Labute approximate surface area is 124 Å². The van der Waals surface area contributed by atoms with Gasteiger partial charge < -0.3 is 4.74 Å². The first-order valence-electron chi connectivity index (χ1n) is 5.76. The van der Waals surface area contributed by atoms with Gasteiger partial charge in [-0.1, -0.05) is 74.3 Å². The Morgan fingerprint density at radius 1 is 0.944 bits per heavy atom. The lowest BCUT2D eigenvalue weighted by molar-refractivity contribution is 0.306. The van der Waals surface area contributed by atoms with Crippen molar-refractivity contribution in [3.05, 3.63) is 65.7 Å². The van der Waals surface area contributed by atoms with Crippen LogP contribution in [0.2, 0.25) is 0 Å². The Morgan fingerprint density at radius 3 is 2.22 bits per heavy atom. The summed E-state index contributed by atoms with van der Waals surface area (Å²) in [4.78, 5) is 0.348. The van der Waals surface area contributed by atoms with Crippen molar-refractivity contribution in [1.29, 1.82) is 0 Å². The summed E-state index contributed by atoms with van der Waals surface area (Å²) in [6.07, 6.45) is 0. The van der Waals surface area contributed by atoms with Crippen molar-refractivity contribution in [2.75, 3.05) is 5.33 Å². The van der Waals surface area contributed by atoms with Gasteiger partial charge in [0.25, 0.3) is 0 Å². The molecule has 94 valence electrons. The topological polar surface area (TPSA) is 9.23 Å². The number of ether oxygens (including phenoxy) is 1. The number of hydrogen-bond acceptors (Lipinski definition) is 1. The molecule has 2 aromatic carbocycles. The minimum absolute atomic E-state index is 0.348. The average Bonchev–Trinajstić information content (AvgIpc) is 2.46. The van der Waals surface area contributed by atoms with E-state index in [1.165, 1.54) is 11.1 Å². The Balaban J connectivity index is 1.94. The summed E-state index contributed by atoms with van der Waals surface area (Å²) in [6, 6.07) is 18.4. The molecule has 0 spiro atoms. The molecule has 0 N–H and O–H groups in total. The number of alkyl halides is 2. The third kappa shape index (κ3) is 3.85. The number of rotatable bonds is 5. The van der Waals surface area contributed by atoms with Crippen molar-refractivity contribution in [2.24, 2.45) is 0 Å². The molecule has 18 heavy (non-hydrogen) atoms. The summed E-state index contributed by atoms with van der Waals surface area (Å²) in [7, 11) is 0. The molecule has 1 nitrogen and oxygen atoms in total. The lowest BCUT2D eigenvalue weighted by Crippen LogP contribution is -1.96. The van der Waals surface area contributed by atoms with Gasteiger partial charge in [0.2, 0.25) is 0 Å². The molecule has 1 unspecified atom stereocenters. The van der Waals surface area contributed by atoms with Crippen LogP contribution >= 0.6 is 31.9 Å². The normalized spacial score (nSPS) is 12.1. The van der Waals surface area contributed by atoms with Gasteiger partial charge in [-0.2, -0.15) is 0 Å². The summed E-state index contributed by atoms with van der Waals surface area (Å²) in [5, 5.41) is 0.900. The van der Waals surface area contributed by atoms with Gasteiger partial charge in [-0.25, -0.2) is 0 Å². The maximum Gasteiger partial charge on any atom is 0.119 e. The highest BCUT2D eigenvalue weighted by Crippen LogP contribution is 2.26. The number of halogens is 2. The Morgan fingerprint density at radius 2 is 1.61 bits per heavy atom. The van der Waals surface area contributed by atoms with Crippen molar-refractivity contribution >= 4 is 31.9 Å². The van der Waals surface area contributed by atoms with Crippen LogP contribution in [0.5, 0.6) is 5.75 Å². The molecule has 0 heterocycles. The summed E-state index contributed by atoms with van der Waals surface area (Å²) < 4.78 is 5.73. The SMILES string of the molecule is BrCC(Br)c1ccc(OCc2ccccc2)cc1. The van der Waals surface area contributed by atoms with E-state index in [1.54, 1.807) is 0 Å². The molecule has 0 saturated carbocycles. The number of hydrogen-bond donors (Lipinski definition) is 0. The quantitative estimate of drug-likeness (QED) is 0.666. The van der Waals surface area contributed by atoms with E-state index in [0.717, 1.165) is 11.1 Å². The van der Waals surface area contributed by atoms with Gasteiger partial charge in [0, 0.05) is 10.2 Å². The first-order chi connectivity index (χ1) is 8.79. The van der Waals surface area contributed by atoms with Crippen LogP contribution in [0.3, 0.4) is 0 Å². The minimum Gasteiger partial charge on any atom is -0.489 e. The molecule has 0 aliphatic carbocycles. The highest BCUT2D eigenvalue weighted by molar-refractivity contribution is 9.12. The van der Waals surface area contributed by atoms with Crippen LogP contribution in [0.1, 0.15) is 16.0 Å². The van der Waals surface area contributed by atoms with Gasteiger partial charge in [0.15, 0.2) is 0 Å². The molecular weight excluding hydrogens is 356 g/mol. The van der Waals surface area contributed by atoms with Crippen molar-refractivity contribution in [1.82, 2.24) is 0 Å². The number of benzene rings is 2. The van der Waals surface area contributed by atoms with Crippen molar-refractivity contribution in [2.45, 2.75) is 11.4 Å². The Hall–Kier alpha value is -0.800. The van der Waals surface area contributed by atoms with E-state index in [9.17, 15) is 0 Å². The predicted octanol–water partition coefficient (Wildman–Crippen LogP) is 5.10. The van der Waals surface area contributed by atoms with Crippen molar-refractivity contribution in [3.63, 3.8) is 0 Å². The fourth-order valence-corrected chi connectivity index (χ4v) is 2.28. The molecule has 2 aromatic rings. The molecule has 0 fully saturated rings. The van der Waals surface area contributed by atoms with E-state index in [4.69, 9.17) is 4.74 Å². The first kappa shape index (κ1) is 13.6. The maximum atomic E-state index is 5.73. The second-order valence-electron chi connectivity index (χ2n) is 3.97. The zero-order valence-electron chi connectivity index (χ0n) is 9.85. The fourth-order valence-electron chi connectivity index (χ4n) is 1.60. The second-order valence-corrected chi connectivity index (χ2v) is 5.72. The van der Waals surface area contributed by atoms with Crippen LogP contribution in [0.25, 0.3) is 0 Å². The van der Waals surface area contributed by atoms with Gasteiger partial charge in [-0.05, 0) is 23.3 Å². The van der Waals surface area contributed by atoms with Gasteiger partial charge in [-0.3, -0.25) is 0 Å². The van der Waals surface area contributed by atoms with E-state index < -0.39 is 0 Å². The molecule has 0 aromatic heterocycles. The van der Waals surface area contributed by atoms with Gasteiger partial charge in [0.05, 0.1) is 0 Å². The fraction of sp³-hybridized carbons (Fsp3) is 0.200. The van der Waals surface area contributed by atoms with E-state index in [1.807, 2.05) is 30.3 Å². The summed E-state index contributed by atoms with van der Waals surface area (Å²) in [6.45, 7) is 0.608. The molecule has 0 amide bonds. The molecule has 0 radical (unpaired) electrons. The second kappa shape index (κ2) is 6.95.